The maximum absolute atomic E-state index is 12.3. The zero-order valence-electron chi connectivity index (χ0n) is 10.2. The normalized spacial score (nSPS) is 26.1. The van der Waals surface area contributed by atoms with Crippen LogP contribution >= 0.6 is 0 Å². The van der Waals surface area contributed by atoms with E-state index in [4.69, 9.17) is 0 Å². The van der Waals surface area contributed by atoms with Crippen molar-refractivity contribution in [3.63, 3.8) is 0 Å². The van der Waals surface area contributed by atoms with Crippen molar-refractivity contribution in [3.8, 4) is 0 Å². The number of aliphatic hydroxyl groups excluding tert-OH is 1. The maximum atomic E-state index is 12.3. The molecule has 0 radical (unpaired) electrons. The Morgan fingerprint density at radius 3 is 2.59 bits per heavy atom. The molecule has 2 atom stereocenters. The van der Waals surface area contributed by atoms with Gasteiger partial charge in [0.05, 0.1) is 17.2 Å². The van der Waals surface area contributed by atoms with Crippen LogP contribution in [0, 0.1) is 13.8 Å². The van der Waals surface area contributed by atoms with Crippen LogP contribution in [0.25, 0.3) is 0 Å². The van der Waals surface area contributed by atoms with Gasteiger partial charge < -0.3 is 10.4 Å². The molecule has 0 saturated heterocycles. The summed E-state index contributed by atoms with van der Waals surface area (Å²) in [5.74, 6) is 0. The number of sulfone groups is 1. The lowest BCUT2D eigenvalue weighted by Gasteiger charge is -2.32. The van der Waals surface area contributed by atoms with Crippen LogP contribution in [0.5, 0.6) is 0 Å². The molecular weight excluding hydrogens is 238 g/mol. The molecule has 94 valence electrons. The molecule has 4 nitrogen and oxygen atoms in total. The molecule has 2 rings (SSSR count). The number of hydrogen-bond acceptors (Lipinski definition) is 4. The van der Waals surface area contributed by atoms with E-state index < -0.39 is 15.1 Å². The first-order chi connectivity index (χ1) is 7.89. The molecule has 0 spiro atoms. The van der Waals surface area contributed by atoms with Crippen molar-refractivity contribution in [1.82, 2.24) is 0 Å². The van der Waals surface area contributed by atoms with Crippen molar-refractivity contribution in [2.75, 3.05) is 11.9 Å². The largest absolute Gasteiger partial charge is 0.395 e. The Morgan fingerprint density at radius 2 is 2.00 bits per heavy atom. The van der Waals surface area contributed by atoms with Gasteiger partial charge in [0, 0.05) is 6.04 Å². The van der Waals surface area contributed by atoms with E-state index in [2.05, 4.69) is 5.32 Å². The van der Waals surface area contributed by atoms with Gasteiger partial charge in [-0.2, -0.15) is 0 Å². The third-order valence-electron chi connectivity index (χ3n) is 3.51. The smallest absolute Gasteiger partial charge is 0.187 e. The Morgan fingerprint density at radius 1 is 1.35 bits per heavy atom. The molecule has 0 bridgehead atoms. The summed E-state index contributed by atoms with van der Waals surface area (Å²) in [6, 6.07) is 3.14. The zero-order valence-corrected chi connectivity index (χ0v) is 11.0. The Labute approximate surface area is 102 Å². The summed E-state index contributed by atoms with van der Waals surface area (Å²) >= 11 is 0. The molecule has 1 aliphatic heterocycles. The number of nitrogens with one attached hydrogen (secondary N) is 1. The quantitative estimate of drug-likeness (QED) is 0.792. The lowest BCUT2D eigenvalue weighted by atomic mass is 10.1. The lowest BCUT2D eigenvalue weighted by Crippen LogP contribution is -2.44. The van der Waals surface area contributed by atoms with E-state index in [-0.39, 0.29) is 12.6 Å². The van der Waals surface area contributed by atoms with E-state index in [1.807, 2.05) is 13.8 Å². The van der Waals surface area contributed by atoms with Crippen molar-refractivity contribution >= 4 is 15.5 Å². The predicted octanol–water partition coefficient (Wildman–Crippen LogP) is 1.25. The van der Waals surface area contributed by atoms with Crippen LogP contribution in [-0.4, -0.2) is 31.4 Å². The van der Waals surface area contributed by atoms with Crippen LogP contribution in [-0.2, 0) is 9.84 Å². The summed E-state index contributed by atoms with van der Waals surface area (Å²) in [5.41, 5.74) is 2.69. The summed E-state index contributed by atoms with van der Waals surface area (Å²) in [4.78, 5) is 0.303. The van der Waals surface area contributed by atoms with Crippen LogP contribution in [0.3, 0.4) is 0 Å². The zero-order chi connectivity index (χ0) is 12.8. The van der Waals surface area contributed by atoms with Gasteiger partial charge in [-0.15, -0.1) is 0 Å². The van der Waals surface area contributed by atoms with Gasteiger partial charge in [0.2, 0.25) is 0 Å². The van der Waals surface area contributed by atoms with Gasteiger partial charge in [0.15, 0.2) is 9.84 Å². The van der Waals surface area contributed by atoms with E-state index in [9.17, 15) is 13.5 Å². The minimum absolute atomic E-state index is 0.280. The Balaban J connectivity index is 2.70. The molecule has 0 aromatic heterocycles. The van der Waals surface area contributed by atoms with E-state index in [1.54, 1.807) is 19.1 Å². The number of hydrogen-bond donors (Lipinski definition) is 2. The number of aliphatic hydroxyl groups is 1. The van der Waals surface area contributed by atoms with Gasteiger partial charge in [-0.05, 0) is 38.0 Å². The molecule has 1 heterocycles. The first-order valence-corrected chi connectivity index (χ1v) is 7.15. The van der Waals surface area contributed by atoms with Crippen LogP contribution in [0.2, 0.25) is 0 Å². The number of anilines is 1. The van der Waals surface area contributed by atoms with Gasteiger partial charge in [0.1, 0.15) is 5.25 Å². The molecule has 0 amide bonds. The summed E-state index contributed by atoms with van der Waals surface area (Å²) in [6.07, 6.45) is 0. The van der Waals surface area contributed by atoms with Crippen molar-refractivity contribution in [2.45, 2.75) is 37.0 Å². The van der Waals surface area contributed by atoms with Gasteiger partial charge in [-0.25, -0.2) is 8.42 Å². The molecule has 1 aromatic carbocycles. The van der Waals surface area contributed by atoms with E-state index in [0.717, 1.165) is 11.1 Å². The van der Waals surface area contributed by atoms with E-state index >= 15 is 0 Å². The first-order valence-electron chi connectivity index (χ1n) is 5.61. The number of benzene rings is 1. The summed E-state index contributed by atoms with van der Waals surface area (Å²) in [5, 5.41) is 11.6. The second kappa shape index (κ2) is 3.99. The van der Waals surface area contributed by atoms with Crippen molar-refractivity contribution in [1.29, 1.82) is 0 Å². The monoisotopic (exact) mass is 255 g/mol. The van der Waals surface area contributed by atoms with E-state index in [0.29, 0.717) is 10.6 Å². The van der Waals surface area contributed by atoms with Crippen molar-refractivity contribution in [3.05, 3.63) is 23.3 Å². The molecule has 5 heteroatoms. The fourth-order valence-electron chi connectivity index (χ4n) is 2.22. The Bertz CT molecular complexity index is 551. The average Bonchev–Trinajstić information content (AvgIpc) is 2.24. The second-order valence-electron chi connectivity index (χ2n) is 4.58. The van der Waals surface area contributed by atoms with Gasteiger partial charge in [-0.3, -0.25) is 0 Å². The molecule has 1 aromatic rings. The van der Waals surface area contributed by atoms with Crippen LogP contribution in [0.4, 0.5) is 5.69 Å². The highest BCUT2D eigenvalue weighted by atomic mass is 32.2. The minimum Gasteiger partial charge on any atom is -0.395 e. The van der Waals surface area contributed by atoms with E-state index in [1.165, 1.54) is 0 Å². The van der Waals surface area contributed by atoms with Gasteiger partial charge in [-0.1, -0.05) is 6.07 Å². The molecular formula is C12H17NO3S. The average molecular weight is 255 g/mol. The molecule has 1 aliphatic rings. The van der Waals surface area contributed by atoms with Crippen LogP contribution in [0.1, 0.15) is 18.1 Å². The molecule has 17 heavy (non-hydrogen) atoms. The summed E-state index contributed by atoms with van der Waals surface area (Å²) in [7, 11) is -3.43. The standard InChI is InChI=1S/C12H17NO3S/c1-7-4-5-10-12(8(7)2)13-9(3)11(6-14)17(10,15)16/h4-5,9,11,13-14H,6H2,1-3H3. The fourth-order valence-corrected chi connectivity index (χ4v) is 4.10. The SMILES string of the molecule is Cc1ccc2c(c1C)NC(C)C(CO)S2(=O)=O. The highest BCUT2D eigenvalue weighted by molar-refractivity contribution is 7.92. The third kappa shape index (κ3) is 1.73. The number of fused-ring (bicyclic) bond motifs is 1. The predicted molar refractivity (Wildman–Crippen MR) is 67.1 cm³/mol. The topological polar surface area (TPSA) is 66.4 Å². The molecule has 0 fully saturated rings. The highest BCUT2D eigenvalue weighted by Crippen LogP contribution is 2.35. The summed E-state index contributed by atoms with van der Waals surface area (Å²) < 4.78 is 24.6. The molecule has 2 N–H and O–H groups in total. The number of rotatable bonds is 1. The second-order valence-corrected chi connectivity index (χ2v) is 6.71. The Hall–Kier alpha value is -1.07. The third-order valence-corrected chi connectivity index (χ3v) is 5.82. The minimum atomic E-state index is -3.43. The van der Waals surface area contributed by atoms with Gasteiger partial charge >= 0.3 is 0 Å². The van der Waals surface area contributed by atoms with Crippen molar-refractivity contribution < 1.29 is 13.5 Å². The molecule has 0 aliphatic carbocycles. The van der Waals surface area contributed by atoms with Crippen LogP contribution in [0.15, 0.2) is 17.0 Å². The van der Waals surface area contributed by atoms with Crippen molar-refractivity contribution in [2.24, 2.45) is 0 Å². The first kappa shape index (κ1) is 12.4. The molecule has 2 unspecified atom stereocenters. The Kier molecular flexibility index (Phi) is 2.91. The lowest BCUT2D eigenvalue weighted by molar-refractivity contribution is 0.282. The summed E-state index contributed by atoms with van der Waals surface area (Å²) in [6.45, 7) is 5.28. The molecule has 0 saturated carbocycles. The van der Waals surface area contributed by atoms with Crippen LogP contribution < -0.4 is 5.32 Å². The number of aryl methyl sites for hydroxylation is 1. The maximum Gasteiger partial charge on any atom is 0.187 e. The van der Waals surface area contributed by atoms with Gasteiger partial charge in [0.25, 0.3) is 0 Å². The fraction of sp³-hybridized carbons (Fsp3) is 0.500. The highest BCUT2D eigenvalue weighted by Gasteiger charge is 2.38.